The zero-order valence-corrected chi connectivity index (χ0v) is 11.7. The maximum Gasteiger partial charge on any atom is 0.0723 e. The summed E-state index contributed by atoms with van der Waals surface area (Å²) in [5, 5.41) is 5.17. The summed E-state index contributed by atoms with van der Waals surface area (Å²) in [7, 11) is 1.92. The van der Waals surface area contributed by atoms with E-state index >= 15 is 0 Å². The smallest absolute Gasteiger partial charge is 0.0723 e. The SMILES string of the molecule is CCc1cc(C(N)c2ccc(C)c(Cl)c2)n(C)n1. The second kappa shape index (κ2) is 5.12. The van der Waals surface area contributed by atoms with Crippen LogP contribution < -0.4 is 5.73 Å². The number of benzene rings is 1. The quantitative estimate of drug-likeness (QED) is 0.925. The highest BCUT2D eigenvalue weighted by Gasteiger charge is 2.15. The maximum absolute atomic E-state index is 6.28. The molecule has 1 heterocycles. The van der Waals surface area contributed by atoms with Gasteiger partial charge in [-0.3, -0.25) is 4.68 Å². The van der Waals surface area contributed by atoms with Gasteiger partial charge in [-0.2, -0.15) is 5.10 Å². The molecule has 0 aliphatic heterocycles. The van der Waals surface area contributed by atoms with Gasteiger partial charge in [0.2, 0.25) is 0 Å². The van der Waals surface area contributed by atoms with Crippen LogP contribution in [0.2, 0.25) is 5.02 Å². The molecule has 0 fully saturated rings. The first-order chi connectivity index (χ1) is 8.52. The Hall–Kier alpha value is -1.32. The van der Waals surface area contributed by atoms with E-state index in [-0.39, 0.29) is 6.04 Å². The largest absolute Gasteiger partial charge is 0.319 e. The Balaban J connectivity index is 2.37. The maximum atomic E-state index is 6.28. The number of aromatic nitrogens is 2. The van der Waals surface area contributed by atoms with Crippen LogP contribution in [0.25, 0.3) is 0 Å². The zero-order chi connectivity index (χ0) is 13.3. The molecule has 0 aliphatic carbocycles. The average molecular weight is 264 g/mol. The van der Waals surface area contributed by atoms with E-state index in [4.69, 9.17) is 17.3 Å². The van der Waals surface area contributed by atoms with Gasteiger partial charge in [0.25, 0.3) is 0 Å². The van der Waals surface area contributed by atoms with Crippen molar-refractivity contribution in [2.75, 3.05) is 0 Å². The third kappa shape index (κ3) is 2.42. The Kier molecular flexibility index (Phi) is 3.73. The number of halogens is 1. The minimum atomic E-state index is -0.194. The molecule has 2 rings (SSSR count). The van der Waals surface area contributed by atoms with Crippen molar-refractivity contribution in [2.45, 2.75) is 26.3 Å². The number of hydrogen-bond donors (Lipinski definition) is 1. The van der Waals surface area contributed by atoms with E-state index < -0.39 is 0 Å². The van der Waals surface area contributed by atoms with Crippen molar-refractivity contribution in [3.8, 4) is 0 Å². The molecule has 1 aromatic heterocycles. The lowest BCUT2D eigenvalue weighted by Gasteiger charge is -2.13. The number of aryl methyl sites for hydroxylation is 3. The molecule has 4 heteroatoms. The number of nitrogens with two attached hydrogens (primary N) is 1. The molecule has 18 heavy (non-hydrogen) atoms. The number of hydrogen-bond acceptors (Lipinski definition) is 2. The first-order valence-electron chi connectivity index (χ1n) is 6.07. The predicted molar refractivity (Wildman–Crippen MR) is 74.8 cm³/mol. The van der Waals surface area contributed by atoms with E-state index in [1.54, 1.807) is 0 Å². The van der Waals surface area contributed by atoms with Gasteiger partial charge in [0.15, 0.2) is 0 Å². The van der Waals surface area contributed by atoms with Gasteiger partial charge in [-0.1, -0.05) is 30.7 Å². The van der Waals surface area contributed by atoms with E-state index in [0.29, 0.717) is 0 Å². The molecule has 0 saturated heterocycles. The molecule has 0 bridgehead atoms. The van der Waals surface area contributed by atoms with Crippen LogP contribution in [0.15, 0.2) is 24.3 Å². The van der Waals surface area contributed by atoms with E-state index in [9.17, 15) is 0 Å². The second-order valence-corrected chi connectivity index (χ2v) is 4.93. The Labute approximate surface area is 113 Å². The van der Waals surface area contributed by atoms with Crippen LogP contribution in [0.4, 0.5) is 0 Å². The molecule has 0 saturated carbocycles. The lowest BCUT2D eigenvalue weighted by atomic mass is 10.0. The van der Waals surface area contributed by atoms with Crippen molar-refractivity contribution in [1.29, 1.82) is 0 Å². The Bertz CT molecular complexity index is 560. The molecule has 2 aromatic rings. The van der Waals surface area contributed by atoms with Crippen molar-refractivity contribution in [3.05, 3.63) is 51.8 Å². The average Bonchev–Trinajstić information content (AvgIpc) is 2.73. The van der Waals surface area contributed by atoms with Crippen LogP contribution >= 0.6 is 11.6 Å². The zero-order valence-electron chi connectivity index (χ0n) is 10.9. The highest BCUT2D eigenvalue weighted by atomic mass is 35.5. The van der Waals surface area contributed by atoms with E-state index in [1.807, 2.05) is 36.9 Å². The summed E-state index contributed by atoms with van der Waals surface area (Å²) in [6.07, 6.45) is 0.912. The normalized spacial score (nSPS) is 12.7. The minimum Gasteiger partial charge on any atom is -0.319 e. The number of rotatable bonds is 3. The fourth-order valence-corrected chi connectivity index (χ4v) is 2.17. The standard InChI is InChI=1S/C14H18ClN3/c1-4-11-8-13(18(3)17-11)14(16)10-6-5-9(2)12(15)7-10/h5-8,14H,4,16H2,1-3H3. The summed E-state index contributed by atoms with van der Waals surface area (Å²) >= 11 is 6.14. The Morgan fingerprint density at radius 2 is 2.11 bits per heavy atom. The minimum absolute atomic E-state index is 0.194. The summed E-state index contributed by atoms with van der Waals surface area (Å²) < 4.78 is 1.84. The topological polar surface area (TPSA) is 43.8 Å². The highest BCUT2D eigenvalue weighted by Crippen LogP contribution is 2.24. The van der Waals surface area contributed by atoms with Crippen LogP contribution in [-0.2, 0) is 13.5 Å². The molecular weight excluding hydrogens is 246 g/mol. The fraction of sp³-hybridized carbons (Fsp3) is 0.357. The van der Waals surface area contributed by atoms with Gasteiger partial charge in [0, 0.05) is 12.1 Å². The van der Waals surface area contributed by atoms with Gasteiger partial charge in [0.1, 0.15) is 0 Å². The van der Waals surface area contributed by atoms with Crippen molar-refractivity contribution in [3.63, 3.8) is 0 Å². The van der Waals surface area contributed by atoms with E-state index in [0.717, 1.165) is 34.0 Å². The molecule has 0 amide bonds. The van der Waals surface area contributed by atoms with E-state index in [1.165, 1.54) is 0 Å². The third-order valence-corrected chi connectivity index (χ3v) is 3.61. The van der Waals surface area contributed by atoms with Crippen LogP contribution in [-0.4, -0.2) is 9.78 Å². The van der Waals surface area contributed by atoms with Gasteiger partial charge in [0.05, 0.1) is 17.4 Å². The summed E-state index contributed by atoms with van der Waals surface area (Å²) in [6, 6.07) is 7.80. The van der Waals surface area contributed by atoms with Crippen molar-refractivity contribution in [2.24, 2.45) is 12.8 Å². The monoisotopic (exact) mass is 263 g/mol. The van der Waals surface area contributed by atoms with Crippen LogP contribution in [0, 0.1) is 6.92 Å². The summed E-state index contributed by atoms with van der Waals surface area (Å²) in [5.41, 5.74) is 10.4. The summed E-state index contributed by atoms with van der Waals surface area (Å²) in [6.45, 7) is 4.07. The van der Waals surface area contributed by atoms with Crippen LogP contribution in [0.5, 0.6) is 0 Å². The number of nitrogens with zero attached hydrogens (tertiary/aromatic N) is 2. The molecule has 1 aromatic carbocycles. The lowest BCUT2D eigenvalue weighted by Crippen LogP contribution is -2.15. The predicted octanol–water partition coefficient (Wildman–Crippen LogP) is 2.99. The molecule has 3 nitrogen and oxygen atoms in total. The first-order valence-corrected chi connectivity index (χ1v) is 6.45. The van der Waals surface area contributed by atoms with Gasteiger partial charge in [-0.05, 0) is 36.6 Å². The summed E-state index contributed by atoms with van der Waals surface area (Å²) in [4.78, 5) is 0. The van der Waals surface area contributed by atoms with Crippen molar-refractivity contribution in [1.82, 2.24) is 9.78 Å². The molecule has 1 unspecified atom stereocenters. The molecule has 1 atom stereocenters. The van der Waals surface area contributed by atoms with Gasteiger partial charge in [-0.25, -0.2) is 0 Å². The van der Waals surface area contributed by atoms with Gasteiger partial charge in [-0.15, -0.1) is 0 Å². The fourth-order valence-electron chi connectivity index (χ4n) is 1.98. The second-order valence-electron chi connectivity index (χ2n) is 4.52. The van der Waals surface area contributed by atoms with Crippen molar-refractivity contribution >= 4 is 11.6 Å². The van der Waals surface area contributed by atoms with Gasteiger partial charge >= 0.3 is 0 Å². The van der Waals surface area contributed by atoms with E-state index in [2.05, 4.69) is 18.1 Å². The lowest BCUT2D eigenvalue weighted by molar-refractivity contribution is 0.666. The highest BCUT2D eigenvalue weighted by molar-refractivity contribution is 6.31. The molecule has 2 N–H and O–H groups in total. The molecule has 0 aliphatic rings. The Morgan fingerprint density at radius 1 is 1.39 bits per heavy atom. The third-order valence-electron chi connectivity index (χ3n) is 3.20. The van der Waals surface area contributed by atoms with Crippen LogP contribution in [0.3, 0.4) is 0 Å². The molecular formula is C14H18ClN3. The van der Waals surface area contributed by atoms with Gasteiger partial charge < -0.3 is 5.73 Å². The first kappa shape index (κ1) is 13.1. The molecule has 0 radical (unpaired) electrons. The molecule has 96 valence electrons. The summed E-state index contributed by atoms with van der Waals surface area (Å²) in [5.74, 6) is 0. The molecule has 0 spiro atoms. The Morgan fingerprint density at radius 3 is 2.67 bits per heavy atom. The van der Waals surface area contributed by atoms with Crippen molar-refractivity contribution < 1.29 is 0 Å². The van der Waals surface area contributed by atoms with Crippen LogP contribution in [0.1, 0.15) is 35.5 Å².